The Morgan fingerprint density at radius 1 is 0.625 bits per heavy atom. The number of nitrogens with zero attached hydrogens (tertiary/aromatic N) is 2. The number of rotatable bonds is 9. The van der Waals surface area contributed by atoms with Crippen molar-refractivity contribution in [3.63, 3.8) is 0 Å². The molecule has 0 unspecified atom stereocenters. The molecule has 0 spiro atoms. The second-order valence-corrected chi connectivity index (χ2v) is 12.3. The van der Waals surface area contributed by atoms with Gasteiger partial charge in [0, 0.05) is 40.0 Å². The van der Waals surface area contributed by atoms with Crippen molar-refractivity contribution in [1.82, 2.24) is 0 Å². The largest absolute Gasteiger partial charge is 0.481 e. The molecule has 0 radical (unpaired) electrons. The van der Waals surface area contributed by atoms with Crippen LogP contribution in [-0.4, -0.2) is 22.9 Å². The van der Waals surface area contributed by atoms with E-state index in [1.165, 1.54) is 16.0 Å². The molecular weight excluding hydrogens is 596 g/mol. The van der Waals surface area contributed by atoms with E-state index < -0.39 is 5.97 Å². The highest BCUT2D eigenvalue weighted by Gasteiger charge is 2.34. The van der Waals surface area contributed by atoms with Crippen molar-refractivity contribution in [3.8, 4) is 11.1 Å². The summed E-state index contributed by atoms with van der Waals surface area (Å²) in [5, 5.41) is 10.4. The van der Waals surface area contributed by atoms with Crippen LogP contribution in [0.5, 0.6) is 0 Å². The van der Waals surface area contributed by atoms with Crippen molar-refractivity contribution < 1.29 is 19.5 Å². The minimum atomic E-state index is -0.827. The summed E-state index contributed by atoms with van der Waals surface area (Å²) < 4.78 is 0. The number of aryl methyl sites for hydroxylation is 3. The Kier molecular flexibility index (Phi) is 8.07. The van der Waals surface area contributed by atoms with Crippen LogP contribution in [-0.2, 0) is 11.2 Å². The van der Waals surface area contributed by atoms with Crippen LogP contribution in [0, 0.1) is 13.8 Å². The number of carbonyl (C=O) groups is 3. The molecule has 6 heteroatoms. The first-order valence-corrected chi connectivity index (χ1v) is 16.1. The fourth-order valence-electron chi connectivity index (χ4n) is 6.46. The van der Waals surface area contributed by atoms with Crippen LogP contribution < -0.4 is 9.80 Å². The number of amides is 2. The van der Waals surface area contributed by atoms with Crippen molar-refractivity contribution in [2.75, 3.05) is 9.80 Å². The highest BCUT2D eigenvalue weighted by Crippen LogP contribution is 2.40. The normalized spacial score (nSPS) is 12.4. The molecule has 0 saturated heterocycles. The van der Waals surface area contributed by atoms with Crippen LogP contribution in [0.4, 0.5) is 22.7 Å². The average Bonchev–Trinajstić information content (AvgIpc) is 3.10. The van der Waals surface area contributed by atoms with E-state index in [1.807, 2.05) is 36.4 Å². The van der Waals surface area contributed by atoms with Gasteiger partial charge >= 0.3 is 5.97 Å². The van der Waals surface area contributed by atoms with Gasteiger partial charge in [-0.25, -0.2) is 4.90 Å². The number of anilines is 4. The third-order valence-electron chi connectivity index (χ3n) is 8.98. The Morgan fingerprint density at radius 2 is 1.15 bits per heavy atom. The summed E-state index contributed by atoms with van der Waals surface area (Å²) in [6.45, 7) is 4.17. The number of carboxylic acids is 1. The lowest BCUT2D eigenvalue weighted by atomic mass is 9.89. The fourth-order valence-corrected chi connectivity index (χ4v) is 6.46. The molecule has 6 aromatic rings. The Labute approximate surface area is 279 Å². The first-order valence-electron chi connectivity index (χ1n) is 16.1. The third kappa shape index (κ3) is 5.73. The number of hydrogen-bond acceptors (Lipinski definition) is 4. The van der Waals surface area contributed by atoms with Gasteiger partial charge in [-0.2, -0.15) is 0 Å². The molecule has 6 nitrogen and oxygen atoms in total. The van der Waals surface area contributed by atoms with Crippen LogP contribution in [0.15, 0.2) is 127 Å². The minimum absolute atomic E-state index is 0.0943. The summed E-state index contributed by atoms with van der Waals surface area (Å²) in [7, 11) is 0. The Balaban J connectivity index is 1.22. The van der Waals surface area contributed by atoms with Crippen molar-refractivity contribution in [3.05, 3.63) is 155 Å². The molecule has 0 fully saturated rings. The lowest BCUT2D eigenvalue weighted by molar-refractivity contribution is -0.137. The summed E-state index contributed by atoms with van der Waals surface area (Å²) in [5.74, 6) is -1.56. The monoisotopic (exact) mass is 630 g/mol. The molecule has 0 bridgehead atoms. The minimum Gasteiger partial charge on any atom is -0.481 e. The van der Waals surface area contributed by atoms with Crippen molar-refractivity contribution >= 4 is 51.3 Å². The van der Waals surface area contributed by atoms with Gasteiger partial charge in [-0.05, 0) is 109 Å². The number of carboxylic acid groups (broad SMARTS) is 1. The molecule has 6 aromatic carbocycles. The zero-order valence-corrected chi connectivity index (χ0v) is 26.8. The molecule has 236 valence electrons. The van der Waals surface area contributed by atoms with Gasteiger partial charge in [0.2, 0.25) is 0 Å². The van der Waals surface area contributed by atoms with Crippen molar-refractivity contribution in [1.29, 1.82) is 0 Å². The van der Waals surface area contributed by atoms with E-state index in [2.05, 4.69) is 91.5 Å². The molecule has 1 aliphatic heterocycles. The topological polar surface area (TPSA) is 77.9 Å². The summed E-state index contributed by atoms with van der Waals surface area (Å²) >= 11 is 0. The first-order chi connectivity index (χ1) is 23.3. The van der Waals surface area contributed by atoms with E-state index in [9.17, 15) is 14.4 Å². The van der Waals surface area contributed by atoms with Crippen molar-refractivity contribution in [2.24, 2.45) is 0 Å². The zero-order valence-electron chi connectivity index (χ0n) is 26.8. The predicted molar refractivity (Wildman–Crippen MR) is 192 cm³/mol. The van der Waals surface area contributed by atoms with Crippen LogP contribution in [0.1, 0.15) is 50.2 Å². The first kappa shape index (κ1) is 30.6. The number of imide groups is 1. The quantitative estimate of drug-likeness (QED) is 0.161. The molecule has 48 heavy (non-hydrogen) atoms. The summed E-state index contributed by atoms with van der Waals surface area (Å²) in [4.78, 5) is 42.1. The standard InChI is InChI=1S/C42H34N2O4/c1-27-9-17-31(18-10-27)43(32-19-11-28(2)12-20-32)33-23-15-30(16-24-33)35-25-26-38-40-36(35)6-4-7-37(40)41(47)44(42(38)48)34-21-13-29(14-22-34)5-3-8-39(45)46/h4,6-7,9-26H,3,5,8H2,1-2H3,(H,45,46). The van der Waals surface area contributed by atoms with Crippen LogP contribution >= 0.6 is 0 Å². The van der Waals surface area contributed by atoms with E-state index >= 15 is 0 Å². The van der Waals surface area contributed by atoms with Gasteiger partial charge in [-0.3, -0.25) is 14.4 Å². The molecule has 1 aliphatic rings. The Hall–Kier alpha value is -6.01. The second-order valence-electron chi connectivity index (χ2n) is 12.3. The van der Waals surface area contributed by atoms with Gasteiger partial charge in [0.05, 0.1) is 5.69 Å². The molecule has 0 saturated carbocycles. The van der Waals surface area contributed by atoms with Gasteiger partial charge in [0.25, 0.3) is 11.8 Å². The molecule has 0 aromatic heterocycles. The third-order valence-corrected chi connectivity index (χ3v) is 8.98. The van der Waals surface area contributed by atoms with E-state index in [4.69, 9.17) is 5.11 Å². The van der Waals surface area contributed by atoms with Gasteiger partial charge in [-0.15, -0.1) is 0 Å². The second kappa shape index (κ2) is 12.6. The lowest BCUT2D eigenvalue weighted by Gasteiger charge is -2.28. The smallest absolute Gasteiger partial charge is 0.303 e. The van der Waals surface area contributed by atoms with Gasteiger partial charge in [0.15, 0.2) is 0 Å². The molecule has 2 amide bonds. The lowest BCUT2D eigenvalue weighted by Crippen LogP contribution is -2.40. The van der Waals surface area contributed by atoms with E-state index in [0.717, 1.165) is 39.1 Å². The molecule has 7 rings (SSSR count). The summed E-state index contributed by atoms with van der Waals surface area (Å²) in [6.07, 6.45) is 1.22. The predicted octanol–water partition coefficient (Wildman–Crippen LogP) is 9.80. The highest BCUT2D eigenvalue weighted by molar-refractivity contribution is 6.36. The fraction of sp³-hybridized carbons (Fsp3) is 0.119. The average molecular weight is 631 g/mol. The van der Waals surface area contributed by atoms with Gasteiger partial charge < -0.3 is 10.0 Å². The number of hydrogen-bond donors (Lipinski definition) is 1. The van der Waals surface area contributed by atoms with E-state index in [1.54, 1.807) is 18.2 Å². The molecular formula is C42H34N2O4. The Bertz CT molecular complexity index is 2100. The SMILES string of the molecule is Cc1ccc(N(c2ccc(C)cc2)c2ccc(-c3ccc4c5c(cccc35)C(=O)N(c3ccc(CCCC(=O)O)cc3)C4=O)cc2)cc1. The Morgan fingerprint density at radius 3 is 1.71 bits per heavy atom. The molecule has 0 aliphatic carbocycles. The zero-order chi connectivity index (χ0) is 33.4. The number of carbonyl (C=O) groups excluding carboxylic acids is 2. The van der Waals surface area contributed by atoms with E-state index in [-0.39, 0.29) is 18.2 Å². The summed E-state index contributed by atoms with van der Waals surface area (Å²) in [6, 6.07) is 42.0. The molecule has 0 atom stereocenters. The van der Waals surface area contributed by atoms with Gasteiger partial charge in [0.1, 0.15) is 0 Å². The van der Waals surface area contributed by atoms with Gasteiger partial charge in [-0.1, -0.05) is 77.9 Å². The van der Waals surface area contributed by atoms with Crippen LogP contribution in [0.25, 0.3) is 21.9 Å². The summed E-state index contributed by atoms with van der Waals surface area (Å²) in [5.41, 5.74) is 9.87. The van der Waals surface area contributed by atoms with Crippen LogP contribution in [0.3, 0.4) is 0 Å². The highest BCUT2D eigenvalue weighted by atomic mass is 16.4. The number of aliphatic carboxylic acids is 1. The van der Waals surface area contributed by atoms with Crippen molar-refractivity contribution in [2.45, 2.75) is 33.1 Å². The molecule has 1 N–H and O–H groups in total. The maximum absolute atomic E-state index is 13.9. The van der Waals surface area contributed by atoms with E-state index in [0.29, 0.717) is 35.0 Å². The number of benzene rings is 6. The maximum atomic E-state index is 13.9. The molecule has 1 heterocycles. The maximum Gasteiger partial charge on any atom is 0.303 e. The van der Waals surface area contributed by atoms with Crippen LogP contribution in [0.2, 0.25) is 0 Å².